The van der Waals surface area contributed by atoms with Crippen molar-refractivity contribution in [1.29, 1.82) is 0 Å². The third kappa shape index (κ3) is 3.57. The number of hydrogen-bond acceptors (Lipinski definition) is 5. The fourth-order valence-corrected chi connectivity index (χ4v) is 1.99. The van der Waals surface area contributed by atoms with Crippen molar-refractivity contribution < 1.29 is 9.47 Å². The summed E-state index contributed by atoms with van der Waals surface area (Å²) in [7, 11) is 0. The summed E-state index contributed by atoms with van der Waals surface area (Å²) in [5, 5.41) is 3.30. The average molecular weight is 251 g/mol. The fourth-order valence-electron chi connectivity index (χ4n) is 1.99. The van der Waals surface area contributed by atoms with Gasteiger partial charge in [-0.2, -0.15) is 4.98 Å². The van der Waals surface area contributed by atoms with Crippen molar-refractivity contribution in [3.05, 3.63) is 12.3 Å². The molecule has 5 nitrogen and oxygen atoms in total. The van der Waals surface area contributed by atoms with Crippen molar-refractivity contribution in [2.24, 2.45) is 5.41 Å². The summed E-state index contributed by atoms with van der Waals surface area (Å²) < 4.78 is 10.7. The Bertz CT molecular complexity index is 378. The molecule has 0 aromatic carbocycles. The van der Waals surface area contributed by atoms with Gasteiger partial charge in [0.25, 0.3) is 0 Å². The minimum Gasteiger partial charge on any atom is -0.478 e. The summed E-state index contributed by atoms with van der Waals surface area (Å²) in [5.74, 6) is 1.25. The average Bonchev–Trinajstić information content (AvgIpc) is 2.38. The van der Waals surface area contributed by atoms with E-state index in [1.54, 1.807) is 12.3 Å². The van der Waals surface area contributed by atoms with E-state index in [1.807, 2.05) is 6.92 Å². The third-order valence-corrected chi connectivity index (χ3v) is 3.30. The van der Waals surface area contributed by atoms with Crippen molar-refractivity contribution in [2.75, 3.05) is 31.7 Å². The Balaban J connectivity index is 1.90. The quantitative estimate of drug-likeness (QED) is 0.868. The molecule has 2 heterocycles. The molecule has 0 unspecified atom stereocenters. The molecule has 100 valence electrons. The second kappa shape index (κ2) is 6.00. The lowest BCUT2D eigenvalue weighted by molar-refractivity contribution is 0.0299. The number of nitrogens with zero attached hydrogens (tertiary/aromatic N) is 2. The predicted molar refractivity (Wildman–Crippen MR) is 69.9 cm³/mol. The highest BCUT2D eigenvalue weighted by atomic mass is 16.5. The molecule has 0 saturated carbocycles. The molecule has 18 heavy (non-hydrogen) atoms. The molecule has 0 radical (unpaired) electrons. The van der Waals surface area contributed by atoms with Crippen LogP contribution in [-0.4, -0.2) is 36.3 Å². The lowest BCUT2D eigenvalue weighted by Gasteiger charge is -2.33. The van der Waals surface area contributed by atoms with Gasteiger partial charge in [-0.25, -0.2) is 4.98 Å². The molecule has 1 aliphatic rings. The topological polar surface area (TPSA) is 56.3 Å². The van der Waals surface area contributed by atoms with Gasteiger partial charge in [0.2, 0.25) is 11.8 Å². The number of nitrogens with one attached hydrogen (secondary N) is 1. The molecule has 2 rings (SSSR count). The second-order valence-corrected chi connectivity index (χ2v) is 4.93. The maximum atomic E-state index is 5.39. The van der Waals surface area contributed by atoms with E-state index in [-0.39, 0.29) is 5.41 Å². The standard InChI is InChI=1S/C13H21N3O2/c1-3-18-11-4-7-14-12(16-11)15-10-13(2)5-8-17-9-6-13/h4,7H,3,5-6,8-10H2,1-2H3,(H,14,15,16). The number of hydrogen-bond donors (Lipinski definition) is 1. The van der Waals surface area contributed by atoms with Gasteiger partial charge < -0.3 is 14.8 Å². The second-order valence-electron chi connectivity index (χ2n) is 4.93. The molecule has 0 spiro atoms. The van der Waals surface area contributed by atoms with E-state index in [2.05, 4.69) is 22.2 Å². The van der Waals surface area contributed by atoms with E-state index < -0.39 is 0 Å². The van der Waals surface area contributed by atoms with Crippen LogP contribution in [0.15, 0.2) is 12.3 Å². The van der Waals surface area contributed by atoms with Crippen LogP contribution in [0, 0.1) is 5.41 Å². The lowest BCUT2D eigenvalue weighted by Crippen LogP contribution is -2.33. The van der Waals surface area contributed by atoms with E-state index in [0.717, 1.165) is 32.6 Å². The Morgan fingerprint density at radius 3 is 2.94 bits per heavy atom. The van der Waals surface area contributed by atoms with Crippen molar-refractivity contribution in [1.82, 2.24) is 9.97 Å². The van der Waals surface area contributed by atoms with Crippen LogP contribution < -0.4 is 10.1 Å². The van der Waals surface area contributed by atoms with Crippen molar-refractivity contribution in [3.63, 3.8) is 0 Å². The summed E-state index contributed by atoms with van der Waals surface area (Å²) in [6.07, 6.45) is 3.86. The van der Waals surface area contributed by atoms with Gasteiger partial charge in [-0.1, -0.05) is 6.92 Å². The molecule has 1 fully saturated rings. The molecule has 0 bridgehead atoms. The van der Waals surface area contributed by atoms with Crippen molar-refractivity contribution in [3.8, 4) is 5.88 Å². The monoisotopic (exact) mass is 251 g/mol. The minimum absolute atomic E-state index is 0.267. The molecular formula is C13H21N3O2. The zero-order chi connectivity index (χ0) is 12.8. The number of anilines is 1. The molecule has 0 atom stereocenters. The molecule has 1 aromatic rings. The van der Waals surface area contributed by atoms with E-state index in [0.29, 0.717) is 18.4 Å². The first-order valence-electron chi connectivity index (χ1n) is 6.49. The van der Waals surface area contributed by atoms with E-state index in [4.69, 9.17) is 9.47 Å². The Morgan fingerprint density at radius 2 is 2.22 bits per heavy atom. The molecule has 1 N–H and O–H groups in total. The number of ether oxygens (including phenoxy) is 2. The summed E-state index contributed by atoms with van der Waals surface area (Å²) >= 11 is 0. The highest BCUT2D eigenvalue weighted by Crippen LogP contribution is 2.29. The molecule has 1 aliphatic heterocycles. The Kier molecular flexibility index (Phi) is 4.36. The van der Waals surface area contributed by atoms with Crippen LogP contribution in [0.4, 0.5) is 5.95 Å². The molecule has 5 heteroatoms. The predicted octanol–water partition coefficient (Wildman–Crippen LogP) is 2.10. The smallest absolute Gasteiger partial charge is 0.225 e. The molecule has 1 saturated heterocycles. The van der Waals surface area contributed by atoms with Crippen LogP contribution in [0.5, 0.6) is 5.88 Å². The van der Waals surface area contributed by atoms with Gasteiger partial charge in [-0.3, -0.25) is 0 Å². The van der Waals surface area contributed by atoms with E-state index in [9.17, 15) is 0 Å². The minimum atomic E-state index is 0.267. The maximum absolute atomic E-state index is 5.39. The Morgan fingerprint density at radius 1 is 1.44 bits per heavy atom. The Labute approximate surface area is 108 Å². The van der Waals surface area contributed by atoms with E-state index >= 15 is 0 Å². The number of aromatic nitrogens is 2. The van der Waals surface area contributed by atoms with Gasteiger partial charge in [-0.15, -0.1) is 0 Å². The first kappa shape index (κ1) is 13.1. The van der Waals surface area contributed by atoms with E-state index in [1.165, 1.54) is 0 Å². The first-order chi connectivity index (χ1) is 8.72. The molecular weight excluding hydrogens is 230 g/mol. The molecule has 0 amide bonds. The largest absolute Gasteiger partial charge is 0.478 e. The van der Waals surface area contributed by atoms with Gasteiger partial charge in [0.05, 0.1) is 6.61 Å². The summed E-state index contributed by atoms with van der Waals surface area (Å²) in [6.45, 7) is 7.39. The zero-order valence-electron chi connectivity index (χ0n) is 11.1. The molecule has 0 aliphatic carbocycles. The van der Waals surface area contributed by atoms with Gasteiger partial charge in [-0.05, 0) is 25.2 Å². The highest BCUT2D eigenvalue weighted by Gasteiger charge is 2.27. The third-order valence-electron chi connectivity index (χ3n) is 3.30. The zero-order valence-corrected chi connectivity index (χ0v) is 11.1. The van der Waals surface area contributed by atoms with Gasteiger partial charge in [0, 0.05) is 32.0 Å². The summed E-state index contributed by atoms with van der Waals surface area (Å²) in [5.41, 5.74) is 0.267. The first-order valence-corrected chi connectivity index (χ1v) is 6.49. The SMILES string of the molecule is CCOc1ccnc(NCC2(C)CCOCC2)n1. The van der Waals surface area contributed by atoms with Crippen LogP contribution in [0.2, 0.25) is 0 Å². The van der Waals surface area contributed by atoms with Crippen molar-refractivity contribution in [2.45, 2.75) is 26.7 Å². The Hall–Kier alpha value is -1.36. The highest BCUT2D eigenvalue weighted by molar-refractivity contribution is 5.27. The maximum Gasteiger partial charge on any atom is 0.225 e. The van der Waals surface area contributed by atoms with Crippen LogP contribution in [-0.2, 0) is 4.74 Å². The summed E-state index contributed by atoms with van der Waals surface area (Å²) in [6, 6.07) is 1.77. The van der Waals surface area contributed by atoms with Crippen LogP contribution in [0.25, 0.3) is 0 Å². The van der Waals surface area contributed by atoms with Crippen LogP contribution in [0.1, 0.15) is 26.7 Å². The fraction of sp³-hybridized carbons (Fsp3) is 0.692. The lowest BCUT2D eigenvalue weighted by atomic mass is 9.82. The van der Waals surface area contributed by atoms with Crippen LogP contribution >= 0.6 is 0 Å². The molecule has 1 aromatic heterocycles. The van der Waals surface area contributed by atoms with Crippen LogP contribution in [0.3, 0.4) is 0 Å². The number of rotatable bonds is 5. The van der Waals surface area contributed by atoms with Gasteiger partial charge >= 0.3 is 0 Å². The van der Waals surface area contributed by atoms with Gasteiger partial charge in [0.1, 0.15) is 0 Å². The summed E-state index contributed by atoms with van der Waals surface area (Å²) in [4.78, 5) is 8.51. The van der Waals surface area contributed by atoms with Crippen molar-refractivity contribution >= 4 is 5.95 Å². The van der Waals surface area contributed by atoms with Gasteiger partial charge in [0.15, 0.2) is 0 Å². The normalized spacial score (nSPS) is 18.3.